The summed E-state index contributed by atoms with van der Waals surface area (Å²) < 4.78 is 12.8. The number of hydrogen-bond acceptors (Lipinski definition) is 3. The predicted octanol–water partition coefficient (Wildman–Crippen LogP) is 0.674. The monoisotopic (exact) mass is 212 g/mol. The lowest BCUT2D eigenvalue weighted by molar-refractivity contribution is -0.138. The molecule has 1 atom stereocenters. The molecule has 0 aliphatic heterocycles. The van der Waals surface area contributed by atoms with Gasteiger partial charge in [0.1, 0.15) is 11.9 Å². The summed E-state index contributed by atoms with van der Waals surface area (Å²) in [6.45, 7) is 0.138. The van der Waals surface area contributed by atoms with Crippen molar-refractivity contribution in [3.05, 3.63) is 30.1 Å². The minimum Gasteiger partial charge on any atom is -0.480 e. The second-order valence-electron chi connectivity index (χ2n) is 3.31. The summed E-state index contributed by atoms with van der Waals surface area (Å²) in [5, 5.41) is 8.61. The summed E-state index contributed by atoms with van der Waals surface area (Å²) in [5.41, 5.74) is 5.96. The van der Waals surface area contributed by atoms with Crippen LogP contribution in [-0.2, 0) is 4.79 Å². The Balaban J connectivity index is 2.68. The van der Waals surface area contributed by atoms with Gasteiger partial charge in [-0.15, -0.1) is 0 Å². The smallest absolute Gasteiger partial charge is 0.322 e. The number of nitrogens with two attached hydrogens (primary N) is 1. The van der Waals surface area contributed by atoms with Crippen LogP contribution in [0.3, 0.4) is 0 Å². The van der Waals surface area contributed by atoms with Crippen LogP contribution in [0.5, 0.6) is 0 Å². The maximum Gasteiger partial charge on any atom is 0.322 e. The molecule has 0 saturated carbocycles. The van der Waals surface area contributed by atoms with E-state index < -0.39 is 12.0 Å². The number of nitrogens with zero attached hydrogens (tertiary/aromatic N) is 1. The molecule has 3 N–H and O–H groups in total. The van der Waals surface area contributed by atoms with E-state index in [2.05, 4.69) is 0 Å². The minimum absolute atomic E-state index is 0.138. The third-order valence-corrected chi connectivity index (χ3v) is 2.04. The van der Waals surface area contributed by atoms with Gasteiger partial charge >= 0.3 is 5.97 Å². The van der Waals surface area contributed by atoms with Crippen LogP contribution in [0.4, 0.5) is 10.1 Å². The fourth-order valence-corrected chi connectivity index (χ4v) is 1.19. The first-order valence-electron chi connectivity index (χ1n) is 4.46. The quantitative estimate of drug-likeness (QED) is 0.770. The van der Waals surface area contributed by atoms with Crippen LogP contribution in [0.2, 0.25) is 0 Å². The van der Waals surface area contributed by atoms with Gasteiger partial charge in [-0.25, -0.2) is 4.39 Å². The molecule has 5 heteroatoms. The van der Waals surface area contributed by atoms with Gasteiger partial charge in [-0.1, -0.05) is 6.07 Å². The number of rotatable bonds is 4. The van der Waals surface area contributed by atoms with Gasteiger partial charge in [0, 0.05) is 19.3 Å². The molecule has 0 spiro atoms. The molecule has 1 aromatic rings. The Hall–Kier alpha value is -1.62. The Labute approximate surface area is 87.1 Å². The first-order chi connectivity index (χ1) is 7.00. The van der Waals surface area contributed by atoms with Crippen molar-refractivity contribution < 1.29 is 14.3 Å². The highest BCUT2D eigenvalue weighted by molar-refractivity contribution is 5.74. The van der Waals surface area contributed by atoms with Crippen LogP contribution in [0.15, 0.2) is 24.3 Å². The molecule has 0 heterocycles. The molecule has 15 heavy (non-hydrogen) atoms. The van der Waals surface area contributed by atoms with Crippen LogP contribution in [-0.4, -0.2) is 30.7 Å². The Morgan fingerprint density at radius 1 is 1.67 bits per heavy atom. The molecule has 0 aliphatic carbocycles. The molecule has 0 amide bonds. The number of halogens is 1. The normalized spacial score (nSPS) is 12.2. The zero-order chi connectivity index (χ0) is 11.4. The summed E-state index contributed by atoms with van der Waals surface area (Å²) in [6, 6.07) is 4.94. The lowest BCUT2D eigenvalue weighted by Crippen LogP contribution is -2.41. The van der Waals surface area contributed by atoms with Gasteiger partial charge in [0.05, 0.1) is 0 Å². The summed E-state index contributed by atoms with van der Waals surface area (Å²) >= 11 is 0. The molecule has 4 nitrogen and oxygen atoms in total. The Bertz CT molecular complexity index is 357. The second-order valence-corrected chi connectivity index (χ2v) is 3.31. The van der Waals surface area contributed by atoms with Gasteiger partial charge in [0.2, 0.25) is 0 Å². The number of anilines is 1. The largest absolute Gasteiger partial charge is 0.480 e. The Kier molecular flexibility index (Phi) is 3.62. The third kappa shape index (κ3) is 3.21. The number of carboxylic acids is 1. The molecule has 1 rings (SSSR count). The first-order valence-corrected chi connectivity index (χ1v) is 4.46. The predicted molar refractivity (Wildman–Crippen MR) is 55.3 cm³/mol. The molecular weight excluding hydrogens is 199 g/mol. The van der Waals surface area contributed by atoms with E-state index in [1.165, 1.54) is 12.1 Å². The molecule has 1 aromatic carbocycles. The number of benzene rings is 1. The van der Waals surface area contributed by atoms with E-state index in [1.807, 2.05) is 0 Å². The summed E-state index contributed by atoms with van der Waals surface area (Å²) in [7, 11) is 1.66. The lowest BCUT2D eigenvalue weighted by Gasteiger charge is -2.21. The highest BCUT2D eigenvalue weighted by Gasteiger charge is 2.14. The standard InChI is InChI=1S/C10H13FN2O2/c1-13(6-9(12)10(14)15)8-4-2-3-7(11)5-8/h2-5,9H,6,12H2,1H3,(H,14,15)/t9-/m0/s1. The molecular formula is C10H13FN2O2. The average molecular weight is 212 g/mol. The molecule has 0 radical (unpaired) electrons. The van der Waals surface area contributed by atoms with Crippen molar-refractivity contribution in [1.82, 2.24) is 0 Å². The summed E-state index contributed by atoms with van der Waals surface area (Å²) in [4.78, 5) is 12.1. The highest BCUT2D eigenvalue weighted by Crippen LogP contribution is 2.13. The average Bonchev–Trinajstić information content (AvgIpc) is 2.17. The molecule has 0 unspecified atom stereocenters. The number of carboxylic acid groups (broad SMARTS) is 1. The van der Waals surface area contributed by atoms with Gasteiger partial charge in [0.15, 0.2) is 0 Å². The van der Waals surface area contributed by atoms with E-state index in [1.54, 1.807) is 24.1 Å². The second kappa shape index (κ2) is 4.75. The van der Waals surface area contributed by atoms with E-state index in [4.69, 9.17) is 10.8 Å². The number of carbonyl (C=O) groups is 1. The van der Waals surface area contributed by atoms with Gasteiger partial charge in [-0.3, -0.25) is 4.79 Å². The van der Waals surface area contributed by atoms with Crippen molar-refractivity contribution in [2.75, 3.05) is 18.5 Å². The number of aliphatic carboxylic acids is 1. The van der Waals surface area contributed by atoms with Crippen LogP contribution in [0, 0.1) is 5.82 Å². The third-order valence-electron chi connectivity index (χ3n) is 2.04. The molecule has 0 aromatic heterocycles. The topological polar surface area (TPSA) is 66.6 Å². The van der Waals surface area contributed by atoms with Gasteiger partial charge in [-0.2, -0.15) is 0 Å². The molecule has 82 valence electrons. The van der Waals surface area contributed by atoms with Crippen molar-refractivity contribution in [2.45, 2.75) is 6.04 Å². The molecule has 0 fully saturated rings. The van der Waals surface area contributed by atoms with Crippen LogP contribution in [0.25, 0.3) is 0 Å². The van der Waals surface area contributed by atoms with E-state index in [0.717, 1.165) is 0 Å². The minimum atomic E-state index is -1.07. The maximum atomic E-state index is 12.8. The lowest BCUT2D eigenvalue weighted by atomic mass is 10.2. The zero-order valence-electron chi connectivity index (χ0n) is 8.35. The van der Waals surface area contributed by atoms with Gasteiger partial charge in [-0.05, 0) is 18.2 Å². The fraction of sp³-hybridized carbons (Fsp3) is 0.300. The van der Waals surface area contributed by atoms with Crippen molar-refractivity contribution in [3.8, 4) is 0 Å². The summed E-state index contributed by atoms with van der Waals surface area (Å²) in [6.07, 6.45) is 0. The fourth-order valence-electron chi connectivity index (χ4n) is 1.19. The zero-order valence-corrected chi connectivity index (χ0v) is 8.35. The molecule has 0 bridgehead atoms. The maximum absolute atomic E-state index is 12.8. The van der Waals surface area contributed by atoms with Crippen molar-refractivity contribution in [3.63, 3.8) is 0 Å². The van der Waals surface area contributed by atoms with Crippen molar-refractivity contribution in [1.29, 1.82) is 0 Å². The van der Waals surface area contributed by atoms with Gasteiger partial charge < -0.3 is 15.7 Å². The van der Waals surface area contributed by atoms with E-state index in [0.29, 0.717) is 5.69 Å². The van der Waals surface area contributed by atoms with E-state index in [-0.39, 0.29) is 12.4 Å². The molecule has 0 saturated heterocycles. The summed E-state index contributed by atoms with van der Waals surface area (Å²) in [5.74, 6) is -1.43. The van der Waals surface area contributed by atoms with Crippen LogP contribution < -0.4 is 10.6 Å². The van der Waals surface area contributed by atoms with E-state index >= 15 is 0 Å². The SMILES string of the molecule is CN(C[C@H](N)C(=O)O)c1cccc(F)c1. The number of hydrogen-bond donors (Lipinski definition) is 2. The Morgan fingerprint density at radius 3 is 2.87 bits per heavy atom. The van der Waals surface area contributed by atoms with Crippen LogP contribution >= 0.6 is 0 Å². The highest BCUT2D eigenvalue weighted by atomic mass is 19.1. The van der Waals surface area contributed by atoms with E-state index in [9.17, 15) is 9.18 Å². The Morgan fingerprint density at radius 2 is 2.33 bits per heavy atom. The number of likely N-dealkylation sites (N-methyl/N-ethyl adjacent to an activating group) is 1. The first kappa shape index (κ1) is 11.5. The van der Waals surface area contributed by atoms with Crippen LogP contribution in [0.1, 0.15) is 0 Å². The van der Waals surface area contributed by atoms with Gasteiger partial charge in [0.25, 0.3) is 0 Å². The molecule has 0 aliphatic rings. The van der Waals surface area contributed by atoms with Crippen molar-refractivity contribution in [2.24, 2.45) is 5.73 Å². The van der Waals surface area contributed by atoms with Crippen molar-refractivity contribution >= 4 is 11.7 Å².